The number of nitrogens with two attached hydrogens (primary N) is 1. The molecule has 0 aliphatic heterocycles. The summed E-state index contributed by atoms with van der Waals surface area (Å²) in [5.41, 5.74) is 1.90. The monoisotopic (exact) mass is 288 g/mol. The van der Waals surface area contributed by atoms with Gasteiger partial charge in [-0.1, -0.05) is 6.07 Å². The predicted molar refractivity (Wildman–Crippen MR) is 65.8 cm³/mol. The average Bonchev–Trinajstić information content (AvgIpc) is 2.96. The van der Waals surface area contributed by atoms with Crippen LogP contribution < -0.4 is 11.3 Å². The summed E-state index contributed by atoms with van der Waals surface area (Å²) >= 11 is 0. The number of fused-ring (bicyclic) bond motifs is 1. The van der Waals surface area contributed by atoms with Crippen molar-refractivity contribution in [3.05, 3.63) is 35.1 Å². The number of alkyl halides is 3. The lowest BCUT2D eigenvalue weighted by Crippen LogP contribution is -2.33. The summed E-state index contributed by atoms with van der Waals surface area (Å²) in [6.45, 7) is 0. The molecule has 3 unspecified atom stereocenters. The summed E-state index contributed by atoms with van der Waals surface area (Å²) < 4.78 is 51.2. The van der Waals surface area contributed by atoms with Crippen LogP contribution in [0.5, 0.6) is 0 Å². The van der Waals surface area contributed by atoms with Gasteiger partial charge in [-0.2, -0.15) is 13.2 Å². The highest BCUT2D eigenvalue weighted by molar-refractivity contribution is 5.29. The second-order valence-corrected chi connectivity index (χ2v) is 5.87. The molecular weight excluding hydrogens is 272 g/mol. The van der Waals surface area contributed by atoms with E-state index < -0.39 is 17.6 Å². The summed E-state index contributed by atoms with van der Waals surface area (Å²) in [7, 11) is 0. The summed E-state index contributed by atoms with van der Waals surface area (Å²) in [5.74, 6) is 6.03. The van der Waals surface area contributed by atoms with Crippen LogP contribution in [0.15, 0.2) is 18.2 Å². The zero-order valence-electron chi connectivity index (χ0n) is 10.8. The van der Waals surface area contributed by atoms with Crippen LogP contribution >= 0.6 is 0 Å². The first kappa shape index (κ1) is 13.8. The Kier molecular flexibility index (Phi) is 3.25. The highest BCUT2D eigenvalue weighted by Gasteiger charge is 2.48. The smallest absolute Gasteiger partial charge is 0.271 e. The molecule has 2 aliphatic carbocycles. The first-order valence-electron chi connectivity index (χ1n) is 6.73. The molecule has 6 heteroatoms. The first-order chi connectivity index (χ1) is 9.40. The molecule has 0 heterocycles. The number of hydrazine groups is 1. The van der Waals surface area contributed by atoms with E-state index >= 15 is 0 Å². The SMILES string of the molecule is NNC(c1ccc(C(F)(F)F)c(F)c1)C1CC2CC2C1. The summed E-state index contributed by atoms with van der Waals surface area (Å²) in [6, 6.07) is 2.79. The lowest BCUT2D eigenvalue weighted by Gasteiger charge is -2.25. The van der Waals surface area contributed by atoms with E-state index in [1.54, 1.807) is 0 Å². The van der Waals surface area contributed by atoms with Gasteiger partial charge in [0.15, 0.2) is 0 Å². The van der Waals surface area contributed by atoms with Crippen molar-refractivity contribution < 1.29 is 17.6 Å². The highest BCUT2D eigenvalue weighted by atomic mass is 19.4. The molecule has 20 heavy (non-hydrogen) atoms. The Morgan fingerprint density at radius 3 is 2.30 bits per heavy atom. The molecule has 0 amide bonds. The van der Waals surface area contributed by atoms with E-state index in [0.717, 1.165) is 36.8 Å². The number of hydrogen-bond acceptors (Lipinski definition) is 2. The minimum Gasteiger partial charge on any atom is -0.271 e. The van der Waals surface area contributed by atoms with Crippen LogP contribution in [0.3, 0.4) is 0 Å². The summed E-state index contributed by atoms with van der Waals surface area (Å²) in [4.78, 5) is 0. The molecule has 1 aromatic carbocycles. The minimum atomic E-state index is -4.66. The van der Waals surface area contributed by atoms with Gasteiger partial charge in [-0.05, 0) is 54.7 Å². The largest absolute Gasteiger partial charge is 0.419 e. The maximum atomic E-state index is 13.6. The van der Waals surface area contributed by atoms with Crippen LogP contribution in [-0.4, -0.2) is 0 Å². The molecule has 0 spiro atoms. The molecular formula is C14H16F4N2. The Hall–Kier alpha value is -1.14. The normalized spacial score (nSPS) is 30.1. The maximum absolute atomic E-state index is 13.6. The van der Waals surface area contributed by atoms with Gasteiger partial charge >= 0.3 is 6.18 Å². The van der Waals surface area contributed by atoms with E-state index in [1.807, 2.05) is 0 Å². The van der Waals surface area contributed by atoms with Gasteiger partial charge in [0.25, 0.3) is 0 Å². The molecule has 3 atom stereocenters. The number of rotatable bonds is 3. The fourth-order valence-electron chi connectivity index (χ4n) is 3.49. The molecule has 2 fully saturated rings. The molecule has 110 valence electrons. The lowest BCUT2D eigenvalue weighted by molar-refractivity contribution is -0.140. The Morgan fingerprint density at radius 2 is 1.80 bits per heavy atom. The molecule has 0 radical (unpaired) electrons. The Morgan fingerprint density at radius 1 is 1.15 bits per heavy atom. The van der Waals surface area contributed by atoms with Crippen molar-refractivity contribution in [2.24, 2.45) is 23.6 Å². The maximum Gasteiger partial charge on any atom is 0.419 e. The molecule has 2 nitrogen and oxygen atoms in total. The van der Waals surface area contributed by atoms with Gasteiger partial charge in [0.2, 0.25) is 0 Å². The number of benzene rings is 1. The van der Waals surface area contributed by atoms with Crippen molar-refractivity contribution in [1.29, 1.82) is 0 Å². The first-order valence-corrected chi connectivity index (χ1v) is 6.73. The van der Waals surface area contributed by atoms with Gasteiger partial charge in [-0.3, -0.25) is 11.3 Å². The van der Waals surface area contributed by atoms with Gasteiger partial charge in [0.05, 0.1) is 5.56 Å². The fraction of sp³-hybridized carbons (Fsp3) is 0.571. The van der Waals surface area contributed by atoms with E-state index in [0.29, 0.717) is 5.56 Å². The number of hydrogen-bond donors (Lipinski definition) is 2. The third-order valence-corrected chi connectivity index (χ3v) is 4.59. The second-order valence-electron chi connectivity index (χ2n) is 5.87. The molecule has 0 bridgehead atoms. The number of nitrogens with one attached hydrogen (secondary N) is 1. The van der Waals surface area contributed by atoms with Crippen molar-refractivity contribution >= 4 is 0 Å². The number of halogens is 4. The van der Waals surface area contributed by atoms with Crippen LogP contribution in [0.25, 0.3) is 0 Å². The third kappa shape index (κ3) is 2.42. The second kappa shape index (κ2) is 4.70. The van der Waals surface area contributed by atoms with Crippen molar-refractivity contribution in [3.63, 3.8) is 0 Å². The fourth-order valence-corrected chi connectivity index (χ4v) is 3.49. The predicted octanol–water partition coefficient (Wildman–Crippen LogP) is 3.40. The standard InChI is InChI=1S/C14H16F4N2/c15-12-6-7(1-2-11(12)14(16,17)18)13(20-19)10-4-8-3-9(8)5-10/h1-2,6,8-10,13,20H,3-5,19H2. The molecule has 3 N–H and O–H groups in total. The zero-order chi connectivity index (χ0) is 14.5. The van der Waals surface area contributed by atoms with Crippen molar-refractivity contribution in [2.75, 3.05) is 0 Å². The zero-order valence-corrected chi connectivity index (χ0v) is 10.8. The van der Waals surface area contributed by atoms with Crippen LogP contribution in [0.2, 0.25) is 0 Å². The van der Waals surface area contributed by atoms with Crippen LogP contribution in [0.4, 0.5) is 17.6 Å². The molecule has 1 aromatic rings. The Labute approximate surface area is 114 Å². The highest BCUT2D eigenvalue weighted by Crippen LogP contribution is 2.57. The molecule has 2 saturated carbocycles. The van der Waals surface area contributed by atoms with Gasteiger partial charge < -0.3 is 0 Å². The van der Waals surface area contributed by atoms with E-state index in [-0.39, 0.29) is 12.0 Å². The van der Waals surface area contributed by atoms with E-state index in [9.17, 15) is 17.6 Å². The molecule has 2 aliphatic rings. The Bertz CT molecular complexity index is 504. The minimum absolute atomic E-state index is 0.278. The summed E-state index contributed by atoms with van der Waals surface area (Å²) in [5, 5.41) is 0. The van der Waals surface area contributed by atoms with Crippen molar-refractivity contribution in [1.82, 2.24) is 5.43 Å². The molecule has 0 saturated heterocycles. The molecule has 3 rings (SSSR count). The Balaban J connectivity index is 1.83. The quantitative estimate of drug-likeness (QED) is 0.508. The molecule has 0 aromatic heterocycles. The van der Waals surface area contributed by atoms with Crippen LogP contribution in [0, 0.1) is 23.6 Å². The van der Waals surface area contributed by atoms with E-state index in [4.69, 9.17) is 5.84 Å². The summed E-state index contributed by atoms with van der Waals surface area (Å²) in [6.07, 6.45) is -1.39. The van der Waals surface area contributed by atoms with Crippen LogP contribution in [-0.2, 0) is 6.18 Å². The average molecular weight is 288 g/mol. The van der Waals surface area contributed by atoms with Gasteiger partial charge in [0.1, 0.15) is 5.82 Å². The topological polar surface area (TPSA) is 38.0 Å². The van der Waals surface area contributed by atoms with Gasteiger partial charge in [0, 0.05) is 6.04 Å². The van der Waals surface area contributed by atoms with Gasteiger partial charge in [-0.25, -0.2) is 4.39 Å². The van der Waals surface area contributed by atoms with Gasteiger partial charge in [-0.15, -0.1) is 0 Å². The van der Waals surface area contributed by atoms with Crippen molar-refractivity contribution in [3.8, 4) is 0 Å². The third-order valence-electron chi connectivity index (χ3n) is 4.59. The lowest BCUT2D eigenvalue weighted by atomic mass is 9.89. The van der Waals surface area contributed by atoms with Crippen LogP contribution in [0.1, 0.15) is 36.4 Å². The van der Waals surface area contributed by atoms with Crippen molar-refractivity contribution in [2.45, 2.75) is 31.5 Å². The van der Waals surface area contributed by atoms with E-state index in [1.165, 1.54) is 12.5 Å². The van der Waals surface area contributed by atoms with E-state index in [2.05, 4.69) is 5.43 Å².